The number of carboxylic acids is 1. The number of hydrogen-bond acceptors (Lipinski definition) is 4. The summed E-state index contributed by atoms with van der Waals surface area (Å²) in [5.74, 6) is -1.34. The lowest BCUT2D eigenvalue weighted by molar-refractivity contribution is 0.0549. The fourth-order valence-electron chi connectivity index (χ4n) is 3.17. The standard InChI is InChI=1S/C13H18N4O3/c1-15-11(10(7-14-15)13(19)20)12(18)17-6-5-16-4-2-3-9(16)8-17/h7,9H,2-6,8H2,1H3,(H,19,20). The van der Waals surface area contributed by atoms with Gasteiger partial charge in [0, 0.05) is 32.7 Å². The Kier molecular flexibility index (Phi) is 3.21. The molecule has 108 valence electrons. The molecule has 1 amide bonds. The minimum atomic E-state index is -1.11. The van der Waals surface area contributed by atoms with Crippen molar-refractivity contribution in [1.29, 1.82) is 0 Å². The van der Waals surface area contributed by atoms with E-state index in [2.05, 4.69) is 10.00 Å². The molecule has 0 spiro atoms. The summed E-state index contributed by atoms with van der Waals surface area (Å²) >= 11 is 0. The van der Waals surface area contributed by atoms with E-state index < -0.39 is 5.97 Å². The van der Waals surface area contributed by atoms with E-state index in [1.807, 2.05) is 0 Å². The van der Waals surface area contributed by atoms with Crippen LogP contribution in [0, 0.1) is 0 Å². The van der Waals surface area contributed by atoms with Gasteiger partial charge in [0.1, 0.15) is 11.3 Å². The summed E-state index contributed by atoms with van der Waals surface area (Å²) in [7, 11) is 1.60. The zero-order valence-electron chi connectivity index (χ0n) is 11.4. The van der Waals surface area contributed by atoms with Gasteiger partial charge in [-0.15, -0.1) is 0 Å². The van der Waals surface area contributed by atoms with Crippen molar-refractivity contribution < 1.29 is 14.7 Å². The number of fused-ring (bicyclic) bond motifs is 1. The van der Waals surface area contributed by atoms with Gasteiger partial charge in [0.2, 0.25) is 0 Å². The summed E-state index contributed by atoms with van der Waals surface area (Å²) in [4.78, 5) is 27.9. The molecule has 2 fully saturated rings. The van der Waals surface area contributed by atoms with Crippen LogP contribution in [0.25, 0.3) is 0 Å². The number of aryl methyl sites for hydroxylation is 1. The zero-order valence-corrected chi connectivity index (χ0v) is 11.4. The molecule has 3 heterocycles. The average molecular weight is 278 g/mol. The van der Waals surface area contributed by atoms with Gasteiger partial charge >= 0.3 is 5.97 Å². The average Bonchev–Trinajstić information content (AvgIpc) is 3.03. The largest absolute Gasteiger partial charge is 0.478 e. The molecule has 0 radical (unpaired) electrons. The van der Waals surface area contributed by atoms with Crippen LogP contribution in [0.5, 0.6) is 0 Å². The molecular formula is C13H18N4O3. The highest BCUT2D eigenvalue weighted by molar-refractivity contribution is 6.03. The van der Waals surface area contributed by atoms with Gasteiger partial charge in [0.15, 0.2) is 0 Å². The molecule has 7 heteroatoms. The number of carbonyl (C=O) groups excluding carboxylic acids is 1. The third-order valence-electron chi connectivity index (χ3n) is 4.25. The summed E-state index contributed by atoms with van der Waals surface area (Å²) in [6, 6.07) is 0.425. The molecular weight excluding hydrogens is 260 g/mol. The number of aromatic carboxylic acids is 1. The first kappa shape index (κ1) is 13.1. The Morgan fingerprint density at radius 3 is 2.90 bits per heavy atom. The second-order valence-corrected chi connectivity index (χ2v) is 5.42. The minimum absolute atomic E-state index is 0.0219. The summed E-state index contributed by atoms with van der Waals surface area (Å²) in [6.45, 7) is 3.32. The van der Waals surface area contributed by atoms with Gasteiger partial charge in [0.05, 0.1) is 6.20 Å². The number of carboxylic acid groups (broad SMARTS) is 1. The Morgan fingerprint density at radius 2 is 2.15 bits per heavy atom. The third kappa shape index (κ3) is 2.07. The van der Waals surface area contributed by atoms with E-state index in [9.17, 15) is 9.59 Å². The lowest BCUT2D eigenvalue weighted by Crippen LogP contribution is -2.52. The Balaban J connectivity index is 1.82. The molecule has 0 bridgehead atoms. The quantitative estimate of drug-likeness (QED) is 0.826. The molecule has 3 rings (SSSR count). The van der Waals surface area contributed by atoms with Crippen molar-refractivity contribution in [2.24, 2.45) is 7.05 Å². The lowest BCUT2D eigenvalue weighted by Gasteiger charge is -2.37. The van der Waals surface area contributed by atoms with Crippen LogP contribution in [-0.2, 0) is 7.05 Å². The van der Waals surface area contributed by atoms with Crippen molar-refractivity contribution >= 4 is 11.9 Å². The van der Waals surface area contributed by atoms with Gasteiger partial charge < -0.3 is 10.0 Å². The molecule has 20 heavy (non-hydrogen) atoms. The van der Waals surface area contributed by atoms with Crippen LogP contribution in [0.4, 0.5) is 0 Å². The monoisotopic (exact) mass is 278 g/mol. The van der Waals surface area contributed by atoms with Gasteiger partial charge in [0.25, 0.3) is 5.91 Å². The Labute approximate surface area is 116 Å². The van der Waals surface area contributed by atoms with Crippen molar-refractivity contribution in [2.75, 3.05) is 26.2 Å². The molecule has 1 atom stereocenters. The third-order valence-corrected chi connectivity index (χ3v) is 4.25. The summed E-state index contributed by atoms with van der Waals surface area (Å²) < 4.78 is 1.35. The summed E-state index contributed by atoms with van der Waals surface area (Å²) in [6.07, 6.45) is 3.53. The minimum Gasteiger partial charge on any atom is -0.478 e. The van der Waals surface area contributed by atoms with Gasteiger partial charge in [-0.2, -0.15) is 5.10 Å². The Bertz CT molecular complexity index is 554. The number of amides is 1. The highest BCUT2D eigenvalue weighted by Gasteiger charge is 2.34. The predicted molar refractivity (Wildman–Crippen MR) is 70.7 cm³/mol. The first-order valence-corrected chi connectivity index (χ1v) is 6.86. The van der Waals surface area contributed by atoms with E-state index >= 15 is 0 Å². The zero-order chi connectivity index (χ0) is 14.3. The molecule has 0 aromatic carbocycles. The van der Waals surface area contributed by atoms with E-state index in [-0.39, 0.29) is 17.2 Å². The van der Waals surface area contributed by atoms with E-state index in [4.69, 9.17) is 5.11 Å². The molecule has 0 saturated carbocycles. The number of aromatic nitrogens is 2. The van der Waals surface area contributed by atoms with Crippen LogP contribution in [0.15, 0.2) is 6.20 Å². The molecule has 7 nitrogen and oxygen atoms in total. The molecule has 1 N–H and O–H groups in total. The van der Waals surface area contributed by atoms with Crippen LogP contribution in [0.3, 0.4) is 0 Å². The van der Waals surface area contributed by atoms with Crippen molar-refractivity contribution in [3.63, 3.8) is 0 Å². The van der Waals surface area contributed by atoms with Gasteiger partial charge in [-0.3, -0.25) is 14.4 Å². The highest BCUT2D eigenvalue weighted by Crippen LogP contribution is 2.23. The SMILES string of the molecule is Cn1ncc(C(=O)O)c1C(=O)N1CCN2CCCC2C1. The van der Waals surface area contributed by atoms with Gasteiger partial charge in [-0.1, -0.05) is 0 Å². The van der Waals surface area contributed by atoms with E-state index in [1.165, 1.54) is 17.3 Å². The van der Waals surface area contributed by atoms with E-state index in [0.29, 0.717) is 19.1 Å². The van der Waals surface area contributed by atoms with Crippen molar-refractivity contribution in [3.05, 3.63) is 17.5 Å². The number of piperazine rings is 1. The normalized spacial score (nSPS) is 22.9. The Morgan fingerprint density at radius 1 is 1.35 bits per heavy atom. The first-order valence-electron chi connectivity index (χ1n) is 6.86. The fraction of sp³-hybridized carbons (Fsp3) is 0.615. The van der Waals surface area contributed by atoms with Crippen LogP contribution in [-0.4, -0.2) is 68.8 Å². The topological polar surface area (TPSA) is 78.7 Å². The Hall–Kier alpha value is -1.89. The van der Waals surface area contributed by atoms with Crippen molar-refractivity contribution in [1.82, 2.24) is 19.6 Å². The first-order chi connectivity index (χ1) is 9.58. The summed E-state index contributed by atoms with van der Waals surface area (Å²) in [5, 5.41) is 13.0. The van der Waals surface area contributed by atoms with Crippen molar-refractivity contribution in [3.8, 4) is 0 Å². The predicted octanol–water partition coefficient (Wildman–Crippen LogP) is 0.0385. The highest BCUT2D eigenvalue weighted by atomic mass is 16.4. The van der Waals surface area contributed by atoms with Crippen LogP contribution >= 0.6 is 0 Å². The number of hydrogen-bond donors (Lipinski definition) is 1. The van der Waals surface area contributed by atoms with Gasteiger partial charge in [-0.25, -0.2) is 4.79 Å². The smallest absolute Gasteiger partial charge is 0.339 e. The fourth-order valence-corrected chi connectivity index (χ4v) is 3.17. The van der Waals surface area contributed by atoms with Gasteiger partial charge in [-0.05, 0) is 19.4 Å². The lowest BCUT2D eigenvalue weighted by atomic mass is 10.1. The van der Waals surface area contributed by atoms with Crippen LogP contribution < -0.4 is 0 Å². The van der Waals surface area contributed by atoms with Crippen LogP contribution in [0.2, 0.25) is 0 Å². The van der Waals surface area contributed by atoms with E-state index in [1.54, 1.807) is 11.9 Å². The maximum absolute atomic E-state index is 12.6. The molecule has 1 unspecified atom stereocenters. The van der Waals surface area contributed by atoms with Crippen molar-refractivity contribution in [2.45, 2.75) is 18.9 Å². The summed E-state index contributed by atoms with van der Waals surface area (Å²) in [5.41, 5.74) is 0.148. The maximum Gasteiger partial charge on any atom is 0.339 e. The second-order valence-electron chi connectivity index (χ2n) is 5.42. The van der Waals surface area contributed by atoms with Crippen LogP contribution in [0.1, 0.15) is 33.7 Å². The van der Waals surface area contributed by atoms with E-state index in [0.717, 1.165) is 19.5 Å². The number of nitrogens with zero attached hydrogens (tertiary/aromatic N) is 4. The number of rotatable bonds is 2. The number of carbonyl (C=O) groups is 2. The molecule has 2 aliphatic heterocycles. The second kappa shape index (κ2) is 4.90. The maximum atomic E-state index is 12.6. The molecule has 0 aliphatic carbocycles. The molecule has 1 aromatic heterocycles. The molecule has 1 aromatic rings. The molecule has 2 saturated heterocycles. The molecule has 2 aliphatic rings.